The maximum absolute atomic E-state index is 11.7. The molecule has 0 bridgehead atoms. The molecule has 1 atom stereocenters. The molecule has 0 aliphatic carbocycles. The summed E-state index contributed by atoms with van der Waals surface area (Å²) in [4.78, 5) is 13.7. The zero-order valence-electron chi connectivity index (χ0n) is 9.86. The largest absolute Gasteiger partial charge is 0.365 e. The molecule has 1 aliphatic rings. The summed E-state index contributed by atoms with van der Waals surface area (Å²) in [6.45, 7) is 1.99. The third-order valence-corrected chi connectivity index (χ3v) is 3.19. The average Bonchev–Trinajstić information content (AvgIpc) is 2.42. The van der Waals surface area contributed by atoms with Crippen molar-refractivity contribution < 1.29 is 4.79 Å². The molecular formula is C12H15N3OS. The minimum absolute atomic E-state index is 0.0198. The molecule has 1 aromatic rings. The van der Waals surface area contributed by atoms with Gasteiger partial charge in [0.1, 0.15) is 0 Å². The highest BCUT2D eigenvalue weighted by Crippen LogP contribution is 2.31. The van der Waals surface area contributed by atoms with Crippen LogP contribution in [0.3, 0.4) is 0 Å². The summed E-state index contributed by atoms with van der Waals surface area (Å²) in [5.74, 6) is 0.0198. The molecule has 0 radical (unpaired) electrons. The lowest BCUT2D eigenvalue weighted by atomic mass is 10.2. The van der Waals surface area contributed by atoms with Crippen LogP contribution in [0.25, 0.3) is 0 Å². The molecule has 2 rings (SSSR count). The number of nitrogens with one attached hydrogen (secondary N) is 2. The highest BCUT2D eigenvalue weighted by molar-refractivity contribution is 7.80. The summed E-state index contributed by atoms with van der Waals surface area (Å²) in [6, 6.07) is 7.72. The first-order valence-electron chi connectivity index (χ1n) is 5.53. The topological polar surface area (TPSA) is 44.4 Å². The van der Waals surface area contributed by atoms with E-state index in [9.17, 15) is 4.79 Å². The smallest absolute Gasteiger partial charge is 0.226 e. The normalized spacial score (nSPS) is 19.1. The Bertz CT molecular complexity index is 461. The third kappa shape index (κ3) is 2.24. The molecule has 0 aromatic heterocycles. The van der Waals surface area contributed by atoms with Gasteiger partial charge in [-0.25, -0.2) is 0 Å². The van der Waals surface area contributed by atoms with Gasteiger partial charge >= 0.3 is 0 Å². The van der Waals surface area contributed by atoms with Crippen molar-refractivity contribution in [1.29, 1.82) is 0 Å². The maximum Gasteiger partial charge on any atom is 0.226 e. The van der Waals surface area contributed by atoms with E-state index >= 15 is 0 Å². The van der Waals surface area contributed by atoms with Crippen molar-refractivity contribution in [2.24, 2.45) is 0 Å². The molecule has 4 nitrogen and oxygen atoms in total. The second kappa shape index (κ2) is 4.71. The number of hydrogen-bond acceptors (Lipinski definition) is 2. The lowest BCUT2D eigenvalue weighted by Crippen LogP contribution is -2.43. The Balaban J connectivity index is 2.49. The van der Waals surface area contributed by atoms with Gasteiger partial charge in [0.25, 0.3) is 0 Å². The lowest BCUT2D eigenvalue weighted by molar-refractivity contribution is -0.116. The number of fused-ring (bicyclic) bond motifs is 1. The van der Waals surface area contributed by atoms with E-state index in [4.69, 9.17) is 12.2 Å². The van der Waals surface area contributed by atoms with Crippen LogP contribution in [0.1, 0.15) is 13.3 Å². The second-order valence-electron chi connectivity index (χ2n) is 4.04. The molecular weight excluding hydrogens is 234 g/mol. The zero-order chi connectivity index (χ0) is 12.4. The Morgan fingerprint density at radius 2 is 2.24 bits per heavy atom. The molecule has 0 saturated carbocycles. The van der Waals surface area contributed by atoms with Gasteiger partial charge in [0, 0.05) is 19.5 Å². The van der Waals surface area contributed by atoms with Gasteiger partial charge in [0.2, 0.25) is 5.91 Å². The number of thiocarbonyl (C=S) groups is 1. The van der Waals surface area contributed by atoms with Crippen molar-refractivity contribution in [3.05, 3.63) is 24.3 Å². The molecule has 17 heavy (non-hydrogen) atoms. The van der Waals surface area contributed by atoms with Crippen LogP contribution in [0.4, 0.5) is 11.4 Å². The van der Waals surface area contributed by atoms with E-state index < -0.39 is 0 Å². The highest BCUT2D eigenvalue weighted by Gasteiger charge is 2.26. The molecule has 0 fully saturated rings. The number of carbonyl (C=O) groups excluding carboxylic acids is 1. The fourth-order valence-electron chi connectivity index (χ4n) is 2.02. The number of benzene rings is 1. The summed E-state index contributed by atoms with van der Waals surface area (Å²) in [5, 5.41) is 6.49. The van der Waals surface area contributed by atoms with Crippen LogP contribution in [0.15, 0.2) is 24.3 Å². The van der Waals surface area contributed by atoms with Gasteiger partial charge in [-0.1, -0.05) is 12.1 Å². The molecule has 1 heterocycles. The molecule has 0 saturated heterocycles. The Hall–Kier alpha value is -1.62. The van der Waals surface area contributed by atoms with Crippen LogP contribution in [0, 0.1) is 0 Å². The van der Waals surface area contributed by atoms with Gasteiger partial charge in [-0.3, -0.25) is 4.79 Å². The van der Waals surface area contributed by atoms with Crippen LogP contribution in [-0.4, -0.2) is 24.1 Å². The first-order chi connectivity index (χ1) is 8.13. The SMILES string of the molecule is CNC(=S)N1c2ccccc2NC(=O)CC1C. The number of nitrogens with zero attached hydrogens (tertiary/aromatic N) is 1. The van der Waals surface area contributed by atoms with E-state index in [1.165, 1.54) is 0 Å². The monoisotopic (exact) mass is 249 g/mol. The Labute approximate surface area is 106 Å². The summed E-state index contributed by atoms with van der Waals surface area (Å²) in [7, 11) is 1.79. The number of anilines is 2. The average molecular weight is 249 g/mol. The molecule has 2 N–H and O–H groups in total. The van der Waals surface area contributed by atoms with Crippen molar-refractivity contribution in [1.82, 2.24) is 5.32 Å². The molecule has 90 valence electrons. The van der Waals surface area contributed by atoms with E-state index in [2.05, 4.69) is 10.6 Å². The summed E-state index contributed by atoms with van der Waals surface area (Å²) >= 11 is 5.30. The minimum Gasteiger partial charge on any atom is -0.365 e. The van der Waals surface area contributed by atoms with E-state index in [-0.39, 0.29) is 11.9 Å². The Morgan fingerprint density at radius 1 is 1.53 bits per heavy atom. The molecule has 1 aliphatic heterocycles. The van der Waals surface area contributed by atoms with Crippen molar-refractivity contribution in [3.63, 3.8) is 0 Å². The molecule has 5 heteroatoms. The molecule has 1 amide bonds. The molecule has 1 unspecified atom stereocenters. The second-order valence-corrected chi connectivity index (χ2v) is 4.43. The fraction of sp³-hybridized carbons (Fsp3) is 0.333. The van der Waals surface area contributed by atoms with Crippen LogP contribution in [0.2, 0.25) is 0 Å². The number of carbonyl (C=O) groups is 1. The first kappa shape index (κ1) is 11.9. The minimum atomic E-state index is 0.0198. The van der Waals surface area contributed by atoms with Crippen molar-refractivity contribution in [2.75, 3.05) is 17.3 Å². The molecule has 1 aromatic carbocycles. The van der Waals surface area contributed by atoms with Gasteiger partial charge in [-0.15, -0.1) is 0 Å². The number of amides is 1. The van der Waals surface area contributed by atoms with Gasteiger partial charge in [0.05, 0.1) is 11.4 Å². The fourth-order valence-corrected chi connectivity index (χ4v) is 2.30. The zero-order valence-corrected chi connectivity index (χ0v) is 10.7. The van der Waals surface area contributed by atoms with Crippen molar-refractivity contribution in [2.45, 2.75) is 19.4 Å². The third-order valence-electron chi connectivity index (χ3n) is 2.79. The Morgan fingerprint density at radius 3 is 2.94 bits per heavy atom. The highest BCUT2D eigenvalue weighted by atomic mass is 32.1. The van der Waals surface area contributed by atoms with Gasteiger partial charge in [-0.2, -0.15) is 0 Å². The summed E-state index contributed by atoms with van der Waals surface area (Å²) in [6.07, 6.45) is 0.427. The van der Waals surface area contributed by atoms with E-state index in [1.807, 2.05) is 36.1 Å². The summed E-state index contributed by atoms with van der Waals surface area (Å²) < 4.78 is 0. The number of hydrogen-bond donors (Lipinski definition) is 2. The van der Waals surface area contributed by atoms with Gasteiger partial charge in [0.15, 0.2) is 5.11 Å². The lowest BCUT2D eigenvalue weighted by Gasteiger charge is -2.29. The number of rotatable bonds is 0. The van der Waals surface area contributed by atoms with E-state index in [1.54, 1.807) is 7.05 Å². The van der Waals surface area contributed by atoms with E-state index in [0.29, 0.717) is 11.5 Å². The maximum atomic E-state index is 11.7. The van der Waals surface area contributed by atoms with Crippen molar-refractivity contribution in [3.8, 4) is 0 Å². The van der Waals surface area contributed by atoms with Crippen molar-refractivity contribution >= 4 is 34.6 Å². The Kier molecular flexibility index (Phi) is 3.28. The molecule has 0 spiro atoms. The quantitative estimate of drug-likeness (QED) is 0.687. The van der Waals surface area contributed by atoms with Gasteiger partial charge < -0.3 is 15.5 Å². The van der Waals surface area contributed by atoms with Crippen LogP contribution < -0.4 is 15.5 Å². The van der Waals surface area contributed by atoms with Crippen LogP contribution in [-0.2, 0) is 4.79 Å². The predicted octanol–water partition coefficient (Wildman–Crippen LogP) is 1.73. The standard InChI is InChI=1S/C12H15N3OS/c1-8-7-11(16)14-9-5-3-4-6-10(9)15(8)12(17)13-2/h3-6,8H,7H2,1-2H3,(H,13,17)(H,14,16). The first-order valence-corrected chi connectivity index (χ1v) is 5.94. The van der Waals surface area contributed by atoms with Crippen LogP contribution >= 0.6 is 12.2 Å². The van der Waals surface area contributed by atoms with E-state index in [0.717, 1.165) is 11.4 Å². The van der Waals surface area contributed by atoms with Gasteiger partial charge in [-0.05, 0) is 31.3 Å². The number of para-hydroxylation sites is 2. The van der Waals surface area contributed by atoms with Crippen LogP contribution in [0.5, 0.6) is 0 Å². The predicted molar refractivity (Wildman–Crippen MR) is 73.3 cm³/mol. The summed E-state index contributed by atoms with van der Waals surface area (Å²) in [5.41, 5.74) is 1.74.